The molecule has 0 bridgehead atoms. The standard InChI is InChI=1S/C31H40O15/c1-18(2)25(34)40-13-30(14-41-26(35)19(3)4,15-42-27(36)20(5)6)45-23(32)12-24(33)46-31(39-11,16-43-28(37)21(7)8)17-44-29(38)22(9)10/h1,3,5,7,9,12-17H2,2,4,6,8,10-11H3. The molecule has 0 rings (SSSR count). The van der Waals surface area contributed by atoms with Crippen LogP contribution in [0.2, 0.25) is 0 Å². The van der Waals surface area contributed by atoms with Gasteiger partial charge in [-0.2, -0.15) is 0 Å². The fourth-order valence-corrected chi connectivity index (χ4v) is 2.67. The zero-order chi connectivity index (χ0) is 35.8. The minimum absolute atomic E-state index is 0.0118. The molecule has 0 amide bonds. The van der Waals surface area contributed by atoms with E-state index in [0.29, 0.717) is 0 Å². The van der Waals surface area contributed by atoms with Crippen molar-refractivity contribution in [2.75, 3.05) is 40.1 Å². The van der Waals surface area contributed by atoms with Crippen LogP contribution in [0.15, 0.2) is 60.8 Å². The van der Waals surface area contributed by atoms with Crippen LogP contribution in [0, 0.1) is 0 Å². The Balaban J connectivity index is 6.29. The zero-order valence-electron chi connectivity index (χ0n) is 26.9. The summed E-state index contributed by atoms with van der Waals surface area (Å²) in [5, 5.41) is 0. The van der Waals surface area contributed by atoms with E-state index in [4.69, 9.17) is 37.9 Å². The van der Waals surface area contributed by atoms with Gasteiger partial charge >= 0.3 is 41.8 Å². The van der Waals surface area contributed by atoms with Gasteiger partial charge in [0.05, 0.1) is 0 Å². The molecule has 0 aromatic rings. The van der Waals surface area contributed by atoms with Crippen molar-refractivity contribution in [3.8, 4) is 0 Å². The maximum absolute atomic E-state index is 13.1. The van der Waals surface area contributed by atoms with E-state index in [2.05, 4.69) is 32.9 Å². The third-order valence-corrected chi connectivity index (χ3v) is 5.28. The molecule has 0 aliphatic rings. The van der Waals surface area contributed by atoms with E-state index in [0.717, 1.165) is 7.11 Å². The second-order valence-electron chi connectivity index (χ2n) is 10.2. The first-order chi connectivity index (χ1) is 21.2. The number of hydrogen-bond acceptors (Lipinski definition) is 15. The minimum atomic E-state index is -2.24. The van der Waals surface area contributed by atoms with Gasteiger partial charge in [0.1, 0.15) is 26.2 Å². The third kappa shape index (κ3) is 14.6. The second kappa shape index (κ2) is 18.7. The highest BCUT2D eigenvalue weighted by Gasteiger charge is 2.43. The van der Waals surface area contributed by atoms with Gasteiger partial charge in [-0.1, -0.05) is 32.9 Å². The van der Waals surface area contributed by atoms with E-state index in [9.17, 15) is 33.6 Å². The molecule has 15 nitrogen and oxygen atoms in total. The van der Waals surface area contributed by atoms with Crippen molar-refractivity contribution in [3.63, 3.8) is 0 Å². The van der Waals surface area contributed by atoms with Gasteiger partial charge in [0.2, 0.25) is 5.60 Å². The lowest BCUT2D eigenvalue weighted by atomic mass is 10.1. The Morgan fingerprint density at radius 1 is 0.457 bits per heavy atom. The Hall–Kier alpha value is -5.05. The van der Waals surface area contributed by atoms with Crippen LogP contribution in [0.25, 0.3) is 0 Å². The SMILES string of the molecule is C=C(C)C(=O)OCC(COC(=O)C(=C)C)(COC(=O)C(=C)C)OC(=O)CC(=O)OC(COC(=O)C(=C)C)(COC(=O)C(=C)C)OC. The largest absolute Gasteiger partial charge is 0.458 e. The lowest BCUT2D eigenvalue weighted by Crippen LogP contribution is -2.51. The lowest BCUT2D eigenvalue weighted by Gasteiger charge is -2.32. The molecule has 0 aliphatic carbocycles. The molecule has 0 spiro atoms. The first-order valence-corrected chi connectivity index (χ1v) is 13.3. The molecule has 0 aliphatic heterocycles. The summed E-state index contributed by atoms with van der Waals surface area (Å²) < 4.78 is 41.3. The first kappa shape index (κ1) is 41.0. The Bertz CT molecular complexity index is 1180. The Kier molecular flexibility index (Phi) is 16.6. The summed E-state index contributed by atoms with van der Waals surface area (Å²) in [6.45, 7) is 19.8. The second-order valence-corrected chi connectivity index (χ2v) is 10.2. The molecule has 0 unspecified atom stereocenters. The molecule has 0 saturated carbocycles. The predicted molar refractivity (Wildman–Crippen MR) is 158 cm³/mol. The quantitative estimate of drug-likeness (QED) is 0.0610. The number of esters is 7. The van der Waals surface area contributed by atoms with Crippen molar-refractivity contribution in [2.45, 2.75) is 52.4 Å². The predicted octanol–water partition coefficient (Wildman–Crippen LogP) is 2.14. The van der Waals surface area contributed by atoms with Gasteiger partial charge < -0.3 is 37.9 Å². The van der Waals surface area contributed by atoms with Crippen molar-refractivity contribution in [1.29, 1.82) is 0 Å². The Morgan fingerprint density at radius 2 is 0.717 bits per heavy atom. The van der Waals surface area contributed by atoms with Crippen LogP contribution in [-0.4, -0.2) is 93.3 Å². The van der Waals surface area contributed by atoms with Crippen LogP contribution in [0.3, 0.4) is 0 Å². The molecule has 0 heterocycles. The number of methoxy groups -OCH3 is 1. The number of hydrogen-bond donors (Lipinski definition) is 0. The van der Waals surface area contributed by atoms with E-state index in [1.165, 1.54) is 34.6 Å². The van der Waals surface area contributed by atoms with Crippen molar-refractivity contribution in [2.24, 2.45) is 0 Å². The third-order valence-electron chi connectivity index (χ3n) is 5.28. The van der Waals surface area contributed by atoms with Crippen LogP contribution in [-0.2, 0) is 71.5 Å². The molecule has 0 aromatic carbocycles. The topological polar surface area (TPSA) is 193 Å². The first-order valence-electron chi connectivity index (χ1n) is 13.3. The van der Waals surface area contributed by atoms with Crippen LogP contribution >= 0.6 is 0 Å². The minimum Gasteiger partial charge on any atom is -0.458 e. The van der Waals surface area contributed by atoms with Crippen molar-refractivity contribution < 1.29 is 71.5 Å². The van der Waals surface area contributed by atoms with Crippen LogP contribution < -0.4 is 0 Å². The molecule has 46 heavy (non-hydrogen) atoms. The lowest BCUT2D eigenvalue weighted by molar-refractivity contribution is -0.256. The monoisotopic (exact) mass is 652 g/mol. The summed E-state index contributed by atoms with van der Waals surface area (Å²) in [5.74, 6) is -9.53. The highest BCUT2D eigenvalue weighted by molar-refractivity contribution is 5.92. The van der Waals surface area contributed by atoms with Gasteiger partial charge in [0, 0.05) is 35.0 Å². The molecule has 0 radical (unpaired) electrons. The van der Waals surface area contributed by atoms with E-state index < -0.39 is 92.6 Å². The maximum Gasteiger partial charge on any atom is 0.333 e. The summed E-state index contributed by atoms with van der Waals surface area (Å²) in [4.78, 5) is 86.4. The Labute approximate surface area is 266 Å². The van der Waals surface area contributed by atoms with E-state index in [-0.39, 0.29) is 27.9 Å². The highest BCUT2D eigenvalue weighted by Crippen LogP contribution is 2.21. The molecule has 0 N–H and O–H groups in total. The number of rotatable bonds is 20. The van der Waals surface area contributed by atoms with Gasteiger partial charge in [-0.05, 0) is 34.6 Å². The molecule has 0 saturated heterocycles. The van der Waals surface area contributed by atoms with Gasteiger partial charge in [-0.15, -0.1) is 0 Å². The van der Waals surface area contributed by atoms with Gasteiger partial charge in [0.15, 0.2) is 13.2 Å². The highest BCUT2D eigenvalue weighted by atomic mass is 16.7. The molecule has 15 heteroatoms. The van der Waals surface area contributed by atoms with Gasteiger partial charge in [-0.3, -0.25) is 9.59 Å². The van der Waals surface area contributed by atoms with Gasteiger partial charge in [0.25, 0.3) is 5.79 Å². The van der Waals surface area contributed by atoms with Gasteiger partial charge in [-0.25, -0.2) is 24.0 Å². The van der Waals surface area contributed by atoms with E-state index >= 15 is 0 Å². The summed E-state index contributed by atoms with van der Waals surface area (Å²) >= 11 is 0. The maximum atomic E-state index is 13.1. The number of ether oxygens (including phenoxy) is 8. The number of carbonyl (C=O) groups is 7. The van der Waals surface area contributed by atoms with Crippen molar-refractivity contribution >= 4 is 41.8 Å². The summed E-state index contributed by atoms with van der Waals surface area (Å²) in [7, 11) is 1.04. The van der Waals surface area contributed by atoms with Crippen LogP contribution in [0.1, 0.15) is 41.0 Å². The fourth-order valence-electron chi connectivity index (χ4n) is 2.67. The summed E-state index contributed by atoms with van der Waals surface area (Å²) in [6, 6.07) is 0. The molecular formula is C31H40O15. The Morgan fingerprint density at radius 3 is 0.978 bits per heavy atom. The molecule has 0 aromatic heterocycles. The summed E-state index contributed by atoms with van der Waals surface area (Å²) in [5.41, 5.74) is -2.35. The van der Waals surface area contributed by atoms with Crippen LogP contribution in [0.4, 0.5) is 0 Å². The van der Waals surface area contributed by atoms with E-state index in [1.54, 1.807) is 0 Å². The smallest absolute Gasteiger partial charge is 0.333 e. The summed E-state index contributed by atoms with van der Waals surface area (Å²) in [6.07, 6.45) is -1.17. The van der Waals surface area contributed by atoms with Crippen molar-refractivity contribution in [1.82, 2.24) is 0 Å². The van der Waals surface area contributed by atoms with Crippen molar-refractivity contribution in [3.05, 3.63) is 60.8 Å². The average molecular weight is 653 g/mol. The zero-order valence-corrected chi connectivity index (χ0v) is 26.9. The normalized spacial score (nSPS) is 10.7. The van der Waals surface area contributed by atoms with Crippen LogP contribution in [0.5, 0.6) is 0 Å². The average Bonchev–Trinajstić information content (AvgIpc) is 2.97. The molecule has 254 valence electrons. The number of carbonyl (C=O) groups excluding carboxylic acids is 7. The van der Waals surface area contributed by atoms with E-state index in [1.807, 2.05) is 0 Å². The molecular weight excluding hydrogens is 612 g/mol. The fraction of sp³-hybridized carbons (Fsp3) is 0.452. The molecule has 0 fully saturated rings. The molecule has 0 atom stereocenters.